The van der Waals surface area contributed by atoms with Gasteiger partial charge >= 0.3 is 12.0 Å². The smallest absolute Gasteiger partial charge is 0.324 e. The van der Waals surface area contributed by atoms with Crippen molar-refractivity contribution < 1.29 is 14.2 Å². The van der Waals surface area contributed by atoms with Gasteiger partial charge in [-0.05, 0) is 20.3 Å². The molecule has 1 aliphatic rings. The minimum atomic E-state index is -0.0251. The molecule has 0 amide bonds. The van der Waals surface area contributed by atoms with E-state index >= 15 is 0 Å². The Kier molecular flexibility index (Phi) is 4.14. The molecule has 0 spiro atoms. The van der Waals surface area contributed by atoms with Crippen molar-refractivity contribution in [3.63, 3.8) is 0 Å². The fourth-order valence-corrected chi connectivity index (χ4v) is 1.59. The van der Waals surface area contributed by atoms with Gasteiger partial charge in [0.15, 0.2) is 0 Å². The molecule has 2 rings (SSSR count). The first-order valence-corrected chi connectivity index (χ1v) is 6.02. The van der Waals surface area contributed by atoms with Crippen LogP contribution in [0.1, 0.15) is 20.3 Å². The van der Waals surface area contributed by atoms with Crippen LogP contribution >= 0.6 is 0 Å². The summed E-state index contributed by atoms with van der Waals surface area (Å²) in [4.78, 5) is 11.8. The lowest BCUT2D eigenvalue weighted by Gasteiger charge is -2.11. The van der Waals surface area contributed by atoms with E-state index in [0.29, 0.717) is 12.5 Å². The molecule has 0 aromatic carbocycles. The average molecular weight is 254 g/mol. The summed E-state index contributed by atoms with van der Waals surface area (Å²) in [5.41, 5.74) is 5.57. The van der Waals surface area contributed by atoms with E-state index in [1.54, 1.807) is 0 Å². The maximum atomic E-state index is 5.57. The highest BCUT2D eigenvalue weighted by Crippen LogP contribution is 2.16. The zero-order valence-electron chi connectivity index (χ0n) is 10.6. The molecule has 18 heavy (non-hydrogen) atoms. The van der Waals surface area contributed by atoms with Crippen molar-refractivity contribution in [2.45, 2.75) is 26.4 Å². The first kappa shape index (κ1) is 12.8. The molecule has 0 bridgehead atoms. The van der Waals surface area contributed by atoms with Crippen molar-refractivity contribution >= 4 is 5.95 Å². The molecule has 0 saturated carbocycles. The van der Waals surface area contributed by atoms with E-state index in [2.05, 4.69) is 15.0 Å². The van der Waals surface area contributed by atoms with Crippen LogP contribution in [0.4, 0.5) is 5.95 Å². The fraction of sp³-hybridized carbons (Fsp3) is 0.727. The summed E-state index contributed by atoms with van der Waals surface area (Å²) in [5.74, 6) is 0.482. The maximum Gasteiger partial charge on any atom is 0.324 e. The van der Waals surface area contributed by atoms with E-state index in [1.165, 1.54) is 0 Å². The molecule has 1 saturated heterocycles. The normalized spacial score (nSPS) is 19.2. The van der Waals surface area contributed by atoms with Crippen LogP contribution in [0.25, 0.3) is 0 Å². The highest BCUT2D eigenvalue weighted by Gasteiger charge is 2.17. The van der Waals surface area contributed by atoms with Crippen molar-refractivity contribution in [1.82, 2.24) is 15.0 Å². The fourth-order valence-electron chi connectivity index (χ4n) is 1.59. The van der Waals surface area contributed by atoms with Gasteiger partial charge in [-0.15, -0.1) is 4.98 Å². The van der Waals surface area contributed by atoms with Crippen LogP contribution in [-0.2, 0) is 4.74 Å². The van der Waals surface area contributed by atoms with E-state index in [1.807, 2.05) is 13.8 Å². The summed E-state index contributed by atoms with van der Waals surface area (Å²) in [7, 11) is 0. The number of nitrogen functional groups attached to an aromatic ring is 1. The van der Waals surface area contributed by atoms with E-state index in [-0.39, 0.29) is 24.1 Å². The van der Waals surface area contributed by atoms with Crippen molar-refractivity contribution in [3.05, 3.63) is 0 Å². The van der Waals surface area contributed by atoms with Crippen LogP contribution in [-0.4, -0.2) is 40.9 Å². The Bertz CT molecular complexity index is 394. The monoisotopic (exact) mass is 254 g/mol. The second-order valence-electron chi connectivity index (χ2n) is 4.47. The van der Waals surface area contributed by atoms with E-state index < -0.39 is 0 Å². The molecule has 1 aliphatic heterocycles. The number of rotatable bonds is 5. The molecule has 7 nitrogen and oxygen atoms in total. The summed E-state index contributed by atoms with van der Waals surface area (Å²) in [5, 5.41) is 0. The average Bonchev–Trinajstić information content (AvgIpc) is 2.77. The third-order valence-corrected chi connectivity index (χ3v) is 2.42. The first-order chi connectivity index (χ1) is 8.63. The SMILES string of the molecule is CC(C)Oc1nc(N)nc(OCC2CCOC2)n1. The van der Waals surface area contributed by atoms with Crippen LogP contribution in [0.2, 0.25) is 0 Å². The Morgan fingerprint density at radius 2 is 2.11 bits per heavy atom. The van der Waals surface area contributed by atoms with Crippen LogP contribution < -0.4 is 15.2 Å². The lowest BCUT2D eigenvalue weighted by Crippen LogP contribution is -2.15. The topological polar surface area (TPSA) is 92.4 Å². The lowest BCUT2D eigenvalue weighted by atomic mass is 10.1. The standard InChI is InChI=1S/C11H18N4O3/c1-7(2)18-11-14-9(12)13-10(15-11)17-6-8-3-4-16-5-8/h7-8H,3-6H2,1-2H3,(H2,12,13,14,15). The molecule has 1 aromatic rings. The van der Waals surface area contributed by atoms with Crippen LogP contribution in [0.15, 0.2) is 0 Å². The second-order valence-corrected chi connectivity index (χ2v) is 4.47. The van der Waals surface area contributed by atoms with Gasteiger partial charge in [0.05, 0.1) is 19.3 Å². The molecule has 2 N–H and O–H groups in total. The highest BCUT2D eigenvalue weighted by molar-refractivity contribution is 5.20. The van der Waals surface area contributed by atoms with Gasteiger partial charge in [-0.3, -0.25) is 0 Å². The van der Waals surface area contributed by atoms with E-state index in [4.69, 9.17) is 19.9 Å². The van der Waals surface area contributed by atoms with Gasteiger partial charge in [0.1, 0.15) is 0 Å². The van der Waals surface area contributed by atoms with Crippen molar-refractivity contribution in [2.75, 3.05) is 25.6 Å². The molecule has 100 valence electrons. The summed E-state index contributed by atoms with van der Waals surface area (Å²) in [6.07, 6.45) is 0.971. The molecule has 7 heteroatoms. The van der Waals surface area contributed by atoms with Crippen LogP contribution in [0.3, 0.4) is 0 Å². The largest absolute Gasteiger partial charge is 0.463 e. The molecule has 0 radical (unpaired) electrons. The quantitative estimate of drug-likeness (QED) is 0.824. The van der Waals surface area contributed by atoms with Gasteiger partial charge in [-0.25, -0.2) is 0 Å². The van der Waals surface area contributed by atoms with Gasteiger partial charge < -0.3 is 19.9 Å². The number of ether oxygens (including phenoxy) is 3. The molecule has 0 aliphatic carbocycles. The predicted octanol–water partition coefficient (Wildman–Crippen LogP) is 0.656. The molecule has 1 fully saturated rings. The van der Waals surface area contributed by atoms with E-state index in [0.717, 1.165) is 19.6 Å². The van der Waals surface area contributed by atoms with Gasteiger partial charge in [-0.1, -0.05) is 0 Å². The minimum Gasteiger partial charge on any atom is -0.463 e. The Labute approximate surface area is 106 Å². The molecule has 2 heterocycles. The highest BCUT2D eigenvalue weighted by atomic mass is 16.5. The second kappa shape index (κ2) is 5.81. The Hall–Kier alpha value is -1.63. The van der Waals surface area contributed by atoms with Crippen molar-refractivity contribution in [3.8, 4) is 12.0 Å². The number of aromatic nitrogens is 3. The predicted molar refractivity (Wildman–Crippen MR) is 64.4 cm³/mol. The molecular weight excluding hydrogens is 236 g/mol. The summed E-state index contributed by atoms with van der Waals surface area (Å²) in [6.45, 7) is 5.79. The van der Waals surface area contributed by atoms with Gasteiger partial charge in [-0.2, -0.15) is 9.97 Å². The van der Waals surface area contributed by atoms with E-state index in [9.17, 15) is 0 Å². The number of nitrogens with two attached hydrogens (primary N) is 1. The van der Waals surface area contributed by atoms with Crippen LogP contribution in [0, 0.1) is 5.92 Å². The minimum absolute atomic E-state index is 0.0251. The van der Waals surface area contributed by atoms with Crippen molar-refractivity contribution in [2.24, 2.45) is 5.92 Å². The maximum absolute atomic E-state index is 5.57. The van der Waals surface area contributed by atoms with Crippen molar-refractivity contribution in [1.29, 1.82) is 0 Å². The Morgan fingerprint density at radius 1 is 1.33 bits per heavy atom. The Balaban J connectivity index is 1.96. The van der Waals surface area contributed by atoms with Gasteiger partial charge in [0, 0.05) is 12.5 Å². The zero-order valence-corrected chi connectivity index (χ0v) is 10.6. The number of nitrogens with zero attached hydrogens (tertiary/aromatic N) is 3. The molecule has 1 unspecified atom stereocenters. The molecular formula is C11H18N4O3. The first-order valence-electron chi connectivity index (χ1n) is 6.02. The summed E-state index contributed by atoms with van der Waals surface area (Å²) < 4.78 is 16.1. The third-order valence-electron chi connectivity index (χ3n) is 2.42. The summed E-state index contributed by atoms with van der Waals surface area (Å²) >= 11 is 0. The molecule has 1 aromatic heterocycles. The zero-order chi connectivity index (χ0) is 13.0. The van der Waals surface area contributed by atoms with Gasteiger partial charge in [0.2, 0.25) is 5.95 Å². The number of hydrogen-bond donors (Lipinski definition) is 1. The third kappa shape index (κ3) is 3.69. The lowest BCUT2D eigenvalue weighted by molar-refractivity contribution is 0.161. The molecule has 1 atom stereocenters. The number of hydrogen-bond acceptors (Lipinski definition) is 7. The summed E-state index contributed by atoms with van der Waals surface area (Å²) in [6, 6.07) is 0.389. The van der Waals surface area contributed by atoms with Crippen LogP contribution in [0.5, 0.6) is 12.0 Å². The Morgan fingerprint density at radius 3 is 2.78 bits per heavy atom. The van der Waals surface area contributed by atoms with Gasteiger partial charge in [0.25, 0.3) is 0 Å². The number of anilines is 1.